The van der Waals surface area contributed by atoms with Crippen LogP contribution in [0.15, 0.2) is 0 Å². The molecule has 10 nitrogen and oxygen atoms in total. The van der Waals surface area contributed by atoms with Crippen molar-refractivity contribution in [2.45, 2.75) is 123 Å². The van der Waals surface area contributed by atoms with Crippen LogP contribution in [0.3, 0.4) is 0 Å². The molecule has 0 bridgehead atoms. The number of nitrogens with two attached hydrogens (primary N) is 1. The average Bonchev–Trinajstić information content (AvgIpc) is 3.50. The zero-order valence-electron chi connectivity index (χ0n) is 24.4. The van der Waals surface area contributed by atoms with Gasteiger partial charge in [-0.05, 0) is 81.5 Å². The summed E-state index contributed by atoms with van der Waals surface area (Å²) in [6.07, 6.45) is 8.12. The molecule has 10 heteroatoms. The Balaban J connectivity index is 1.58. The number of amides is 5. The number of urea groups is 1. The van der Waals surface area contributed by atoms with E-state index < -0.39 is 52.7 Å². The molecule has 0 aromatic carbocycles. The number of hydrogen-bond donors (Lipinski definition) is 4. The maximum Gasteiger partial charge on any atom is 0.315 e. The van der Waals surface area contributed by atoms with Crippen molar-refractivity contribution >= 4 is 29.5 Å². The van der Waals surface area contributed by atoms with Crippen LogP contribution in [0, 0.1) is 22.2 Å². The Morgan fingerprint density at radius 1 is 0.923 bits per heavy atom. The first-order valence-corrected chi connectivity index (χ1v) is 14.5. The van der Waals surface area contributed by atoms with Crippen LogP contribution in [-0.2, 0) is 19.2 Å². The van der Waals surface area contributed by atoms with Gasteiger partial charge in [-0.2, -0.15) is 0 Å². The normalized spacial score (nSPS) is 27.2. The SMILES string of the molecule is CC(C)(C)NC(=O)N[C@H](C(=O)N1CC2(CCC23CC3)C[C@H]1C(=O)NC(CC1CCC1)C(=O)C(N)=O)C(C)(C)C. The van der Waals surface area contributed by atoms with E-state index in [-0.39, 0.29) is 22.7 Å². The summed E-state index contributed by atoms with van der Waals surface area (Å²) in [5.74, 6) is -2.32. The summed E-state index contributed by atoms with van der Waals surface area (Å²) in [5, 5.41) is 8.56. The van der Waals surface area contributed by atoms with Gasteiger partial charge in [0.1, 0.15) is 12.1 Å². The zero-order chi connectivity index (χ0) is 29.0. The number of carbonyl (C=O) groups is 5. The van der Waals surface area contributed by atoms with E-state index in [9.17, 15) is 24.0 Å². The lowest BCUT2D eigenvalue weighted by atomic mass is 9.56. The Morgan fingerprint density at radius 3 is 1.95 bits per heavy atom. The van der Waals surface area contributed by atoms with E-state index in [2.05, 4.69) is 16.0 Å². The van der Waals surface area contributed by atoms with Crippen LogP contribution < -0.4 is 21.7 Å². The fourth-order valence-corrected chi connectivity index (χ4v) is 6.83. The number of hydrogen-bond acceptors (Lipinski definition) is 5. The lowest BCUT2D eigenvalue weighted by molar-refractivity contribution is -0.143. The van der Waals surface area contributed by atoms with Gasteiger partial charge >= 0.3 is 6.03 Å². The van der Waals surface area contributed by atoms with Crippen LogP contribution in [0.1, 0.15) is 99.3 Å². The fourth-order valence-electron chi connectivity index (χ4n) is 6.83. The highest BCUT2D eigenvalue weighted by atomic mass is 16.2. The third-order valence-electron chi connectivity index (χ3n) is 9.63. The van der Waals surface area contributed by atoms with Gasteiger partial charge < -0.3 is 26.6 Å². The summed E-state index contributed by atoms with van der Waals surface area (Å²) in [7, 11) is 0. The molecule has 2 spiro atoms. The third-order valence-corrected chi connectivity index (χ3v) is 9.63. The number of Topliss-reactive ketones (excluding diaryl/α,β-unsaturated/α-hetero) is 1. The van der Waals surface area contributed by atoms with Crippen molar-refractivity contribution in [3.05, 3.63) is 0 Å². The number of rotatable bonds is 8. The molecule has 1 saturated heterocycles. The fraction of sp³-hybridized carbons (Fsp3) is 0.828. The predicted molar refractivity (Wildman–Crippen MR) is 146 cm³/mol. The molecule has 3 aliphatic carbocycles. The molecule has 5 amide bonds. The summed E-state index contributed by atoms with van der Waals surface area (Å²) >= 11 is 0. The number of nitrogens with one attached hydrogen (secondary N) is 3. The van der Waals surface area contributed by atoms with E-state index >= 15 is 0 Å². The minimum atomic E-state index is -1.06. The zero-order valence-corrected chi connectivity index (χ0v) is 24.4. The molecule has 4 fully saturated rings. The van der Waals surface area contributed by atoms with Gasteiger partial charge in [0, 0.05) is 12.1 Å². The first-order chi connectivity index (χ1) is 18.0. The van der Waals surface area contributed by atoms with E-state index in [0.717, 1.165) is 44.9 Å². The quantitative estimate of drug-likeness (QED) is 0.345. The van der Waals surface area contributed by atoms with Gasteiger partial charge in [0.2, 0.25) is 17.6 Å². The monoisotopic (exact) mass is 545 g/mol. The highest BCUT2D eigenvalue weighted by molar-refractivity contribution is 6.37. The summed E-state index contributed by atoms with van der Waals surface area (Å²) in [4.78, 5) is 66.9. The molecule has 1 aliphatic heterocycles. The number of nitrogens with zero attached hydrogens (tertiary/aromatic N) is 1. The molecule has 0 aromatic heterocycles. The first kappa shape index (κ1) is 29.3. The molecule has 4 aliphatic rings. The van der Waals surface area contributed by atoms with Gasteiger partial charge in [-0.1, -0.05) is 40.0 Å². The summed E-state index contributed by atoms with van der Waals surface area (Å²) in [6.45, 7) is 11.7. The maximum atomic E-state index is 14.2. The molecule has 39 heavy (non-hydrogen) atoms. The smallest absolute Gasteiger partial charge is 0.315 e. The van der Waals surface area contributed by atoms with Gasteiger partial charge in [-0.25, -0.2) is 4.79 Å². The molecule has 3 saturated carbocycles. The summed E-state index contributed by atoms with van der Waals surface area (Å²) in [6, 6.07) is -3.07. The van der Waals surface area contributed by atoms with E-state index in [4.69, 9.17) is 5.73 Å². The summed E-state index contributed by atoms with van der Waals surface area (Å²) < 4.78 is 0. The van der Waals surface area contributed by atoms with Crippen LogP contribution in [0.25, 0.3) is 0 Å². The molecule has 0 radical (unpaired) electrons. The van der Waals surface area contributed by atoms with Gasteiger partial charge in [0.05, 0.1) is 6.04 Å². The molecular formula is C29H47N5O5. The largest absolute Gasteiger partial charge is 0.363 e. The van der Waals surface area contributed by atoms with Crippen LogP contribution in [0.5, 0.6) is 0 Å². The first-order valence-electron chi connectivity index (χ1n) is 14.5. The van der Waals surface area contributed by atoms with Gasteiger partial charge in [0.25, 0.3) is 5.91 Å². The van der Waals surface area contributed by atoms with E-state index in [0.29, 0.717) is 19.4 Å². The Labute approximate surface area is 231 Å². The van der Waals surface area contributed by atoms with Crippen LogP contribution >= 0.6 is 0 Å². The second-order valence-electron chi connectivity index (χ2n) is 14.7. The molecule has 0 aromatic rings. The van der Waals surface area contributed by atoms with Crippen molar-refractivity contribution in [2.75, 3.05) is 6.54 Å². The number of likely N-dealkylation sites (tertiary alicyclic amines) is 1. The van der Waals surface area contributed by atoms with Crippen molar-refractivity contribution in [2.24, 2.45) is 27.9 Å². The van der Waals surface area contributed by atoms with E-state index in [1.807, 2.05) is 41.5 Å². The Bertz CT molecular complexity index is 1040. The number of carbonyl (C=O) groups excluding carboxylic acids is 5. The van der Waals surface area contributed by atoms with Crippen LogP contribution in [-0.4, -0.2) is 64.6 Å². The van der Waals surface area contributed by atoms with Crippen molar-refractivity contribution in [1.82, 2.24) is 20.9 Å². The molecule has 1 heterocycles. The minimum absolute atomic E-state index is 0.127. The van der Waals surface area contributed by atoms with Gasteiger partial charge in [0.15, 0.2) is 0 Å². The number of ketones is 1. The van der Waals surface area contributed by atoms with Gasteiger partial charge in [-0.15, -0.1) is 0 Å². The Morgan fingerprint density at radius 2 is 1.51 bits per heavy atom. The lowest BCUT2D eigenvalue weighted by Crippen LogP contribution is -2.61. The minimum Gasteiger partial charge on any atom is -0.363 e. The standard InChI is InChI=1S/C29H47N5O5/c1-26(2,3)21(32-25(39)33-27(4,5)6)24(38)34-16-29(13-12-28(29)10-11-28)15-19(34)23(37)31-18(20(35)22(30)36)14-17-8-7-9-17/h17-19,21H,7-16H2,1-6H3,(H2,30,36)(H,31,37)(H2,32,33,39)/t18?,19-,21+,29?/m0/s1. The van der Waals surface area contributed by atoms with E-state index in [1.54, 1.807) is 4.90 Å². The maximum absolute atomic E-state index is 14.2. The van der Waals surface area contributed by atoms with Crippen molar-refractivity contribution in [3.63, 3.8) is 0 Å². The van der Waals surface area contributed by atoms with Crippen molar-refractivity contribution in [3.8, 4) is 0 Å². The summed E-state index contributed by atoms with van der Waals surface area (Å²) in [5.41, 5.74) is 4.28. The Hall–Kier alpha value is -2.65. The molecular weight excluding hydrogens is 498 g/mol. The topological polar surface area (TPSA) is 151 Å². The average molecular weight is 546 g/mol. The Kier molecular flexibility index (Phi) is 7.58. The van der Waals surface area contributed by atoms with Crippen LogP contribution in [0.4, 0.5) is 4.79 Å². The van der Waals surface area contributed by atoms with E-state index in [1.165, 1.54) is 0 Å². The number of primary amides is 1. The molecule has 5 N–H and O–H groups in total. The molecule has 4 atom stereocenters. The highest BCUT2D eigenvalue weighted by Crippen LogP contribution is 2.74. The lowest BCUT2D eigenvalue weighted by Gasteiger charge is -2.48. The van der Waals surface area contributed by atoms with Gasteiger partial charge in [-0.3, -0.25) is 19.2 Å². The molecule has 2 unspecified atom stereocenters. The third kappa shape index (κ3) is 5.94. The molecule has 4 rings (SSSR count). The second-order valence-corrected chi connectivity index (χ2v) is 14.7. The highest BCUT2D eigenvalue weighted by Gasteiger charge is 2.69. The van der Waals surface area contributed by atoms with Crippen molar-refractivity contribution in [1.29, 1.82) is 0 Å². The number of fused-ring (bicyclic) bond motifs is 1. The van der Waals surface area contributed by atoms with Crippen LogP contribution in [0.2, 0.25) is 0 Å². The second kappa shape index (κ2) is 10.1. The molecule has 218 valence electrons. The van der Waals surface area contributed by atoms with Crippen molar-refractivity contribution < 1.29 is 24.0 Å². The predicted octanol–water partition coefficient (Wildman–Crippen LogP) is 2.39.